The highest BCUT2D eigenvalue weighted by atomic mass is 16.5. The second-order valence-corrected chi connectivity index (χ2v) is 3.18. The Morgan fingerprint density at radius 1 is 0.786 bits per heavy atom. The first-order chi connectivity index (χ1) is 6.86. The second kappa shape index (κ2) is 4.01. The van der Waals surface area contributed by atoms with Gasteiger partial charge in [0.1, 0.15) is 19.3 Å². The van der Waals surface area contributed by atoms with Gasteiger partial charge in [-0.05, 0) is 23.7 Å². The van der Waals surface area contributed by atoms with Crippen molar-refractivity contribution >= 4 is 13.3 Å². The minimum atomic E-state index is 0.877. The molecule has 0 fully saturated rings. The maximum absolute atomic E-state index is 5.71. The molecule has 0 aliphatic carbocycles. The summed E-state index contributed by atoms with van der Waals surface area (Å²) in [5.41, 5.74) is 1.15. The van der Waals surface area contributed by atoms with Crippen LogP contribution in [0.25, 0.3) is 0 Å². The molecular formula is C12H11BO. The van der Waals surface area contributed by atoms with Gasteiger partial charge in [-0.15, -0.1) is 0 Å². The van der Waals surface area contributed by atoms with Gasteiger partial charge in [0.05, 0.1) is 0 Å². The van der Waals surface area contributed by atoms with Crippen molar-refractivity contribution in [1.29, 1.82) is 0 Å². The van der Waals surface area contributed by atoms with Gasteiger partial charge in [-0.2, -0.15) is 0 Å². The van der Waals surface area contributed by atoms with Crippen LogP contribution in [0.1, 0.15) is 0 Å². The first-order valence-corrected chi connectivity index (χ1v) is 4.65. The summed E-state index contributed by atoms with van der Waals surface area (Å²) in [7, 11) is 2.04. The fourth-order valence-electron chi connectivity index (χ4n) is 1.29. The van der Waals surface area contributed by atoms with Crippen molar-refractivity contribution in [3.63, 3.8) is 0 Å². The number of hydrogen-bond donors (Lipinski definition) is 0. The van der Waals surface area contributed by atoms with Crippen LogP contribution in [0.15, 0.2) is 54.6 Å². The molecule has 0 aromatic heterocycles. The molecule has 0 spiro atoms. The van der Waals surface area contributed by atoms with Gasteiger partial charge in [0.15, 0.2) is 0 Å². The number of hydrogen-bond acceptors (Lipinski definition) is 1. The fourth-order valence-corrected chi connectivity index (χ4v) is 1.29. The summed E-state index contributed by atoms with van der Waals surface area (Å²) in [5.74, 6) is 1.79. The van der Waals surface area contributed by atoms with E-state index in [1.54, 1.807) is 0 Å². The van der Waals surface area contributed by atoms with Crippen LogP contribution in [0.2, 0.25) is 0 Å². The van der Waals surface area contributed by atoms with Crippen molar-refractivity contribution in [2.45, 2.75) is 0 Å². The molecule has 2 rings (SSSR count). The van der Waals surface area contributed by atoms with E-state index in [4.69, 9.17) is 4.74 Å². The zero-order valence-electron chi connectivity index (χ0n) is 8.10. The lowest BCUT2D eigenvalue weighted by molar-refractivity contribution is 0.486. The molecule has 0 aliphatic heterocycles. The Kier molecular flexibility index (Phi) is 2.54. The van der Waals surface area contributed by atoms with Crippen molar-refractivity contribution < 1.29 is 4.74 Å². The SMILES string of the molecule is Bc1ccccc1Oc1ccccc1. The molecule has 2 heteroatoms. The Morgan fingerprint density at radius 2 is 1.43 bits per heavy atom. The molecule has 2 aromatic rings. The smallest absolute Gasteiger partial charge is 0.144 e. The summed E-state index contributed by atoms with van der Waals surface area (Å²) >= 11 is 0. The van der Waals surface area contributed by atoms with Gasteiger partial charge in [0.25, 0.3) is 0 Å². The summed E-state index contributed by atoms with van der Waals surface area (Å²) in [6.45, 7) is 0. The van der Waals surface area contributed by atoms with Gasteiger partial charge < -0.3 is 4.74 Å². The zero-order chi connectivity index (χ0) is 9.80. The molecule has 0 aliphatic rings. The standard InChI is InChI=1S/C12H11BO/c13-11-8-4-5-9-12(11)14-10-6-2-1-3-7-10/h1-9H,13H2. The van der Waals surface area contributed by atoms with Crippen LogP contribution in [0.5, 0.6) is 11.5 Å². The molecular weight excluding hydrogens is 171 g/mol. The number of benzene rings is 2. The molecule has 0 saturated carbocycles. The molecule has 0 heterocycles. The third-order valence-electron chi connectivity index (χ3n) is 2.06. The first kappa shape index (κ1) is 8.88. The summed E-state index contributed by atoms with van der Waals surface area (Å²) in [6, 6.07) is 17.8. The average molecular weight is 182 g/mol. The molecule has 0 bridgehead atoms. The van der Waals surface area contributed by atoms with Crippen LogP contribution in [0.4, 0.5) is 0 Å². The summed E-state index contributed by atoms with van der Waals surface area (Å²) in [5, 5.41) is 0. The highest BCUT2D eigenvalue weighted by Gasteiger charge is 1.98. The Hall–Kier alpha value is -1.70. The Morgan fingerprint density at radius 3 is 2.14 bits per heavy atom. The quantitative estimate of drug-likeness (QED) is 0.642. The molecule has 14 heavy (non-hydrogen) atoms. The zero-order valence-corrected chi connectivity index (χ0v) is 8.10. The van der Waals surface area contributed by atoms with E-state index < -0.39 is 0 Å². The van der Waals surface area contributed by atoms with E-state index in [-0.39, 0.29) is 0 Å². The van der Waals surface area contributed by atoms with E-state index in [1.807, 2.05) is 62.4 Å². The van der Waals surface area contributed by atoms with Gasteiger partial charge in [-0.25, -0.2) is 0 Å². The molecule has 0 atom stereocenters. The predicted octanol–water partition coefficient (Wildman–Crippen LogP) is 1.74. The van der Waals surface area contributed by atoms with Crippen LogP contribution in [-0.2, 0) is 0 Å². The van der Waals surface area contributed by atoms with Crippen LogP contribution < -0.4 is 10.2 Å². The largest absolute Gasteiger partial charge is 0.458 e. The van der Waals surface area contributed by atoms with Crippen LogP contribution >= 0.6 is 0 Å². The van der Waals surface area contributed by atoms with Gasteiger partial charge in [-0.3, -0.25) is 0 Å². The van der Waals surface area contributed by atoms with Crippen LogP contribution in [-0.4, -0.2) is 7.85 Å². The van der Waals surface area contributed by atoms with Gasteiger partial charge >= 0.3 is 0 Å². The first-order valence-electron chi connectivity index (χ1n) is 4.65. The van der Waals surface area contributed by atoms with E-state index in [9.17, 15) is 0 Å². The van der Waals surface area contributed by atoms with Crippen molar-refractivity contribution in [3.8, 4) is 11.5 Å². The van der Waals surface area contributed by atoms with Crippen molar-refractivity contribution in [1.82, 2.24) is 0 Å². The van der Waals surface area contributed by atoms with Gasteiger partial charge in [0.2, 0.25) is 0 Å². The molecule has 0 radical (unpaired) electrons. The third-order valence-corrected chi connectivity index (χ3v) is 2.06. The average Bonchev–Trinajstić information content (AvgIpc) is 2.23. The number of para-hydroxylation sites is 2. The van der Waals surface area contributed by atoms with E-state index >= 15 is 0 Å². The maximum atomic E-state index is 5.71. The van der Waals surface area contributed by atoms with Crippen molar-refractivity contribution in [2.75, 3.05) is 0 Å². The lowest BCUT2D eigenvalue weighted by Crippen LogP contribution is -2.05. The van der Waals surface area contributed by atoms with Crippen LogP contribution in [0, 0.1) is 0 Å². The van der Waals surface area contributed by atoms with Crippen molar-refractivity contribution in [2.24, 2.45) is 0 Å². The Labute approximate surface area is 84.8 Å². The van der Waals surface area contributed by atoms with E-state index in [0.29, 0.717) is 0 Å². The normalized spacial score (nSPS) is 9.71. The number of ether oxygens (including phenoxy) is 1. The monoisotopic (exact) mass is 182 g/mol. The minimum absolute atomic E-state index is 0.877. The lowest BCUT2D eigenvalue weighted by atomic mass is 9.95. The Bertz CT molecular complexity index is 412. The topological polar surface area (TPSA) is 9.23 Å². The molecule has 1 nitrogen and oxygen atoms in total. The minimum Gasteiger partial charge on any atom is -0.458 e. The highest BCUT2D eigenvalue weighted by molar-refractivity contribution is 6.34. The highest BCUT2D eigenvalue weighted by Crippen LogP contribution is 2.17. The molecule has 0 saturated heterocycles. The summed E-state index contributed by atoms with van der Waals surface area (Å²) in [4.78, 5) is 0. The molecule has 0 unspecified atom stereocenters. The van der Waals surface area contributed by atoms with Gasteiger partial charge in [0, 0.05) is 0 Å². The fraction of sp³-hybridized carbons (Fsp3) is 0. The predicted molar refractivity (Wildman–Crippen MR) is 61.1 cm³/mol. The molecule has 2 aromatic carbocycles. The van der Waals surface area contributed by atoms with Crippen molar-refractivity contribution in [3.05, 3.63) is 54.6 Å². The Balaban J connectivity index is 2.24. The molecule has 68 valence electrons. The van der Waals surface area contributed by atoms with Crippen LogP contribution in [0.3, 0.4) is 0 Å². The lowest BCUT2D eigenvalue weighted by Gasteiger charge is -2.07. The molecule has 0 amide bonds. The second-order valence-electron chi connectivity index (χ2n) is 3.18. The van der Waals surface area contributed by atoms with E-state index in [1.165, 1.54) is 0 Å². The molecule has 0 N–H and O–H groups in total. The van der Waals surface area contributed by atoms with Gasteiger partial charge in [-0.1, -0.05) is 36.4 Å². The third kappa shape index (κ3) is 1.97. The maximum Gasteiger partial charge on any atom is 0.144 e. The summed E-state index contributed by atoms with van der Waals surface area (Å²) < 4.78 is 5.71. The summed E-state index contributed by atoms with van der Waals surface area (Å²) in [6.07, 6.45) is 0. The van der Waals surface area contributed by atoms with E-state index in [0.717, 1.165) is 17.0 Å². The number of rotatable bonds is 2. The van der Waals surface area contributed by atoms with E-state index in [2.05, 4.69) is 0 Å².